The molecule has 0 saturated heterocycles. The van der Waals surface area contributed by atoms with Gasteiger partial charge in [0.15, 0.2) is 6.10 Å². The second-order valence-electron chi connectivity index (χ2n) is 5.21. The van der Waals surface area contributed by atoms with Crippen LogP contribution in [-0.2, 0) is 16.0 Å². The highest BCUT2D eigenvalue weighted by molar-refractivity contribution is 6.35. The van der Waals surface area contributed by atoms with Crippen LogP contribution in [0.1, 0.15) is 29.8 Å². The first-order chi connectivity index (χ1) is 11.4. The van der Waals surface area contributed by atoms with Crippen LogP contribution in [0, 0.1) is 0 Å². The lowest BCUT2D eigenvalue weighted by molar-refractivity contribution is -0.123. The highest BCUT2D eigenvalue weighted by Crippen LogP contribution is 2.22. The Morgan fingerprint density at radius 2 is 1.79 bits per heavy atom. The summed E-state index contributed by atoms with van der Waals surface area (Å²) in [5.41, 5.74) is 1.93. The molecule has 0 unspecified atom stereocenters. The van der Waals surface area contributed by atoms with Crippen molar-refractivity contribution < 1.29 is 14.3 Å². The summed E-state index contributed by atoms with van der Waals surface area (Å²) in [6.07, 6.45) is -0.0544. The molecule has 0 fully saturated rings. The van der Waals surface area contributed by atoms with Crippen molar-refractivity contribution >= 4 is 40.8 Å². The lowest BCUT2D eigenvalue weighted by Crippen LogP contribution is -2.30. The number of ether oxygens (including phenoxy) is 1. The number of hydrogen-bond donors (Lipinski definition) is 1. The molecular weight excluding hydrogens is 349 g/mol. The van der Waals surface area contributed by atoms with Crippen LogP contribution in [-0.4, -0.2) is 18.0 Å². The molecular formula is C18H17Cl2NO3. The first kappa shape index (κ1) is 18.3. The van der Waals surface area contributed by atoms with Crippen LogP contribution < -0.4 is 5.32 Å². The Balaban J connectivity index is 2.00. The number of rotatable bonds is 5. The standard InChI is InChI=1S/C18H17Cl2NO3/c1-3-12-4-7-14(8-5-12)21-17(22)11(2)24-18(23)15-10-13(19)6-9-16(15)20/h4-11H,3H2,1-2H3,(H,21,22)/t11-/m1/s1. The Labute approximate surface area is 150 Å². The summed E-state index contributed by atoms with van der Waals surface area (Å²) in [6, 6.07) is 11.9. The van der Waals surface area contributed by atoms with Gasteiger partial charge in [0.2, 0.25) is 0 Å². The maximum atomic E-state index is 12.1. The fraction of sp³-hybridized carbons (Fsp3) is 0.222. The van der Waals surface area contributed by atoms with Crippen LogP contribution in [0.2, 0.25) is 10.0 Å². The van der Waals surface area contributed by atoms with Gasteiger partial charge < -0.3 is 10.1 Å². The summed E-state index contributed by atoms with van der Waals surface area (Å²) in [5, 5.41) is 3.28. The van der Waals surface area contributed by atoms with Gasteiger partial charge in [0.1, 0.15) is 0 Å². The third-order valence-electron chi connectivity index (χ3n) is 3.43. The van der Waals surface area contributed by atoms with Crippen LogP contribution in [0.5, 0.6) is 0 Å². The Morgan fingerprint density at radius 1 is 1.12 bits per heavy atom. The van der Waals surface area contributed by atoms with Gasteiger partial charge in [-0.1, -0.05) is 42.3 Å². The number of halogens is 2. The fourth-order valence-corrected chi connectivity index (χ4v) is 2.37. The number of esters is 1. The van der Waals surface area contributed by atoms with Gasteiger partial charge in [-0.2, -0.15) is 0 Å². The lowest BCUT2D eigenvalue weighted by atomic mass is 10.1. The predicted molar refractivity (Wildman–Crippen MR) is 95.8 cm³/mol. The molecule has 2 aromatic rings. The summed E-state index contributed by atoms with van der Waals surface area (Å²) in [5.74, 6) is -1.13. The molecule has 0 bridgehead atoms. The van der Waals surface area contributed by atoms with E-state index in [1.807, 2.05) is 12.1 Å². The highest BCUT2D eigenvalue weighted by Gasteiger charge is 2.21. The van der Waals surface area contributed by atoms with Crippen LogP contribution in [0.3, 0.4) is 0 Å². The molecule has 6 heteroatoms. The molecule has 0 aliphatic rings. The van der Waals surface area contributed by atoms with Crippen molar-refractivity contribution in [1.82, 2.24) is 0 Å². The molecule has 0 saturated carbocycles. The molecule has 0 aliphatic carbocycles. The van der Waals surface area contributed by atoms with Gasteiger partial charge in [-0.05, 0) is 49.2 Å². The van der Waals surface area contributed by atoms with Crippen molar-refractivity contribution in [2.75, 3.05) is 5.32 Å². The second kappa shape index (κ2) is 8.18. The van der Waals surface area contributed by atoms with Gasteiger partial charge in [-0.15, -0.1) is 0 Å². The number of hydrogen-bond acceptors (Lipinski definition) is 3. The van der Waals surface area contributed by atoms with E-state index in [-0.39, 0.29) is 10.6 Å². The van der Waals surface area contributed by atoms with Gasteiger partial charge >= 0.3 is 5.97 Å². The topological polar surface area (TPSA) is 55.4 Å². The molecule has 126 valence electrons. The average molecular weight is 366 g/mol. The number of aryl methyl sites for hydroxylation is 1. The molecule has 4 nitrogen and oxygen atoms in total. The predicted octanol–water partition coefficient (Wildman–Crippen LogP) is 4.74. The van der Waals surface area contributed by atoms with Gasteiger partial charge in [-0.25, -0.2) is 4.79 Å². The number of nitrogens with one attached hydrogen (secondary N) is 1. The summed E-state index contributed by atoms with van der Waals surface area (Å²) in [7, 11) is 0. The minimum Gasteiger partial charge on any atom is -0.449 e. The lowest BCUT2D eigenvalue weighted by Gasteiger charge is -2.14. The van der Waals surface area contributed by atoms with Gasteiger partial charge in [0.05, 0.1) is 10.6 Å². The Hall–Kier alpha value is -2.04. The summed E-state index contributed by atoms with van der Waals surface area (Å²) < 4.78 is 5.16. The SMILES string of the molecule is CCc1ccc(NC(=O)[C@@H](C)OC(=O)c2cc(Cl)ccc2Cl)cc1. The Kier molecular flexibility index (Phi) is 6.23. The van der Waals surface area contributed by atoms with Crippen LogP contribution in [0.15, 0.2) is 42.5 Å². The van der Waals surface area contributed by atoms with Crippen LogP contribution in [0.4, 0.5) is 5.69 Å². The molecule has 0 aromatic heterocycles. The summed E-state index contributed by atoms with van der Waals surface area (Å²) in [4.78, 5) is 24.3. The van der Waals surface area contributed by atoms with Crippen molar-refractivity contribution in [3.05, 3.63) is 63.6 Å². The van der Waals surface area contributed by atoms with Crippen LogP contribution >= 0.6 is 23.2 Å². The zero-order valence-corrected chi connectivity index (χ0v) is 14.8. The Bertz CT molecular complexity index is 744. The third kappa shape index (κ3) is 4.73. The molecule has 1 atom stereocenters. The largest absolute Gasteiger partial charge is 0.449 e. The van der Waals surface area contributed by atoms with Crippen molar-refractivity contribution in [3.8, 4) is 0 Å². The molecule has 24 heavy (non-hydrogen) atoms. The van der Waals surface area contributed by atoms with Gasteiger partial charge in [-0.3, -0.25) is 4.79 Å². The van der Waals surface area contributed by atoms with Crippen LogP contribution in [0.25, 0.3) is 0 Å². The van der Waals surface area contributed by atoms with E-state index in [0.29, 0.717) is 10.7 Å². The maximum Gasteiger partial charge on any atom is 0.340 e. The van der Waals surface area contributed by atoms with E-state index in [4.69, 9.17) is 27.9 Å². The zero-order chi connectivity index (χ0) is 17.7. The van der Waals surface area contributed by atoms with Gasteiger partial charge in [0.25, 0.3) is 5.91 Å². The number of anilines is 1. The van der Waals surface area contributed by atoms with Gasteiger partial charge in [0, 0.05) is 10.7 Å². The van der Waals surface area contributed by atoms with E-state index in [0.717, 1.165) is 6.42 Å². The maximum absolute atomic E-state index is 12.1. The van der Waals surface area contributed by atoms with Crippen molar-refractivity contribution in [2.24, 2.45) is 0 Å². The number of amides is 1. The van der Waals surface area contributed by atoms with E-state index in [1.165, 1.54) is 24.6 Å². The molecule has 0 radical (unpaired) electrons. The van der Waals surface area contributed by atoms with Crippen molar-refractivity contribution in [2.45, 2.75) is 26.4 Å². The molecule has 2 aromatic carbocycles. The zero-order valence-electron chi connectivity index (χ0n) is 13.3. The Morgan fingerprint density at radius 3 is 2.42 bits per heavy atom. The molecule has 0 aliphatic heterocycles. The minimum atomic E-state index is -0.974. The molecule has 0 heterocycles. The van der Waals surface area contributed by atoms with E-state index in [2.05, 4.69) is 12.2 Å². The summed E-state index contributed by atoms with van der Waals surface area (Å²) >= 11 is 11.8. The smallest absolute Gasteiger partial charge is 0.340 e. The quantitative estimate of drug-likeness (QED) is 0.778. The average Bonchev–Trinajstić information content (AvgIpc) is 2.57. The molecule has 2 rings (SSSR count). The first-order valence-corrected chi connectivity index (χ1v) is 8.22. The van der Waals surface area contributed by atoms with Crippen molar-refractivity contribution in [3.63, 3.8) is 0 Å². The van der Waals surface area contributed by atoms with Crippen molar-refractivity contribution in [1.29, 1.82) is 0 Å². The number of carbonyl (C=O) groups excluding carboxylic acids is 2. The number of carbonyl (C=O) groups is 2. The monoisotopic (exact) mass is 365 g/mol. The molecule has 1 N–H and O–H groups in total. The summed E-state index contributed by atoms with van der Waals surface area (Å²) in [6.45, 7) is 3.54. The molecule has 1 amide bonds. The van der Waals surface area contributed by atoms with E-state index in [9.17, 15) is 9.59 Å². The highest BCUT2D eigenvalue weighted by atomic mass is 35.5. The van der Waals surface area contributed by atoms with E-state index >= 15 is 0 Å². The fourth-order valence-electron chi connectivity index (χ4n) is 2.00. The first-order valence-electron chi connectivity index (χ1n) is 7.46. The third-order valence-corrected chi connectivity index (χ3v) is 4.00. The normalized spacial score (nSPS) is 11.7. The molecule has 0 spiro atoms. The minimum absolute atomic E-state index is 0.121. The number of benzene rings is 2. The van der Waals surface area contributed by atoms with E-state index < -0.39 is 18.0 Å². The second-order valence-corrected chi connectivity index (χ2v) is 6.06. The van der Waals surface area contributed by atoms with E-state index in [1.54, 1.807) is 18.2 Å².